The highest BCUT2D eigenvalue weighted by atomic mass is 19.4. The summed E-state index contributed by atoms with van der Waals surface area (Å²) in [6.45, 7) is -0.839. The van der Waals surface area contributed by atoms with Crippen LogP contribution in [0.25, 0.3) is 0 Å². The Balaban J connectivity index is 2.03. The average Bonchev–Trinajstić information content (AvgIpc) is 3.38. The van der Waals surface area contributed by atoms with E-state index in [9.17, 15) is 31.1 Å². The molecule has 1 aliphatic heterocycles. The van der Waals surface area contributed by atoms with Gasteiger partial charge in [0, 0.05) is 19.7 Å². The van der Waals surface area contributed by atoms with Gasteiger partial charge in [-0.25, -0.2) is 0 Å². The molecule has 3 rings (SSSR count). The van der Waals surface area contributed by atoms with Crippen molar-refractivity contribution in [3.63, 3.8) is 0 Å². The van der Waals surface area contributed by atoms with E-state index in [1.54, 1.807) is 6.08 Å². The number of hydrogen-bond acceptors (Lipinski definition) is 4. The maximum absolute atomic E-state index is 14.3. The number of halogens is 6. The summed E-state index contributed by atoms with van der Waals surface area (Å²) in [7, 11) is 0. The fourth-order valence-electron chi connectivity index (χ4n) is 4.09. The van der Waals surface area contributed by atoms with Crippen molar-refractivity contribution in [1.82, 2.24) is 10.2 Å². The Morgan fingerprint density at radius 2 is 1.84 bits per heavy atom. The molecule has 0 aromatic carbocycles. The zero-order chi connectivity index (χ0) is 22.7. The van der Waals surface area contributed by atoms with Crippen molar-refractivity contribution >= 4 is 5.91 Å². The van der Waals surface area contributed by atoms with Crippen molar-refractivity contribution in [2.24, 2.45) is 5.92 Å². The standard InChI is InChI=1S/C20H24F6N2O3/c21-19(22,23)18(20(24,25)26,27-17(29)16-9-5-11-31-16)28(13-15-8-4-10-30-15)12-14-6-2-1-3-7-14/h1-2,5,9,11,14-15H,3-4,6-8,10,12-13H2,(H,27,29)/t14-,15+/m1/s1. The Labute approximate surface area is 175 Å². The number of alkyl halides is 6. The molecule has 0 unspecified atom stereocenters. The van der Waals surface area contributed by atoms with Gasteiger partial charge in [0.1, 0.15) is 0 Å². The molecule has 0 saturated carbocycles. The topological polar surface area (TPSA) is 54.7 Å². The van der Waals surface area contributed by atoms with Gasteiger partial charge in [0.05, 0.1) is 12.4 Å². The van der Waals surface area contributed by atoms with E-state index in [0.29, 0.717) is 37.0 Å². The molecule has 2 aliphatic rings. The fourth-order valence-corrected chi connectivity index (χ4v) is 4.09. The van der Waals surface area contributed by atoms with Gasteiger partial charge in [-0.15, -0.1) is 0 Å². The first kappa shape index (κ1) is 23.6. The Morgan fingerprint density at radius 3 is 2.35 bits per heavy atom. The van der Waals surface area contributed by atoms with Crippen LogP contribution in [-0.4, -0.2) is 54.6 Å². The Bertz CT molecular complexity index is 740. The highest BCUT2D eigenvalue weighted by Crippen LogP contribution is 2.46. The van der Waals surface area contributed by atoms with Crippen LogP contribution in [0.4, 0.5) is 26.3 Å². The lowest BCUT2D eigenvalue weighted by Crippen LogP contribution is -2.77. The van der Waals surface area contributed by atoms with Crippen molar-refractivity contribution in [2.75, 3.05) is 19.7 Å². The third kappa shape index (κ3) is 5.08. The van der Waals surface area contributed by atoms with Crippen LogP contribution in [-0.2, 0) is 4.74 Å². The number of hydrogen-bond donors (Lipinski definition) is 1. The molecule has 1 fully saturated rings. The van der Waals surface area contributed by atoms with Crippen LogP contribution in [0.15, 0.2) is 35.0 Å². The minimum absolute atomic E-state index is 0.272. The van der Waals surface area contributed by atoms with Gasteiger partial charge in [0.15, 0.2) is 5.76 Å². The first-order chi connectivity index (χ1) is 14.5. The first-order valence-corrected chi connectivity index (χ1v) is 10.1. The zero-order valence-corrected chi connectivity index (χ0v) is 16.6. The van der Waals surface area contributed by atoms with Crippen LogP contribution in [0.1, 0.15) is 42.7 Å². The lowest BCUT2D eigenvalue weighted by molar-refractivity contribution is -0.351. The van der Waals surface area contributed by atoms with Crippen molar-refractivity contribution in [3.05, 3.63) is 36.3 Å². The molecule has 174 valence electrons. The Kier molecular flexibility index (Phi) is 7.04. The van der Waals surface area contributed by atoms with E-state index < -0.39 is 54.8 Å². The maximum atomic E-state index is 14.3. The molecular weight excluding hydrogens is 430 g/mol. The minimum atomic E-state index is -5.85. The Morgan fingerprint density at radius 1 is 1.10 bits per heavy atom. The number of nitrogens with zero attached hydrogens (tertiary/aromatic N) is 1. The molecule has 1 aromatic rings. The van der Waals surface area contributed by atoms with Gasteiger partial charge in [-0.2, -0.15) is 26.3 Å². The maximum Gasteiger partial charge on any atom is 0.434 e. The van der Waals surface area contributed by atoms with E-state index in [2.05, 4.69) is 0 Å². The second kappa shape index (κ2) is 9.23. The predicted molar refractivity (Wildman–Crippen MR) is 98.0 cm³/mol. The summed E-state index contributed by atoms with van der Waals surface area (Å²) < 4.78 is 95.8. The number of nitrogens with one attached hydrogen (secondary N) is 1. The van der Waals surface area contributed by atoms with Gasteiger partial charge in [-0.05, 0) is 50.2 Å². The molecule has 0 bridgehead atoms. The lowest BCUT2D eigenvalue weighted by Gasteiger charge is -2.47. The van der Waals surface area contributed by atoms with Crippen molar-refractivity contribution in [2.45, 2.75) is 56.2 Å². The van der Waals surface area contributed by atoms with E-state index in [1.165, 1.54) is 11.4 Å². The van der Waals surface area contributed by atoms with E-state index in [1.807, 2.05) is 6.08 Å². The van der Waals surface area contributed by atoms with Crippen molar-refractivity contribution < 1.29 is 40.3 Å². The minimum Gasteiger partial charge on any atom is -0.459 e. The summed E-state index contributed by atoms with van der Waals surface area (Å²) >= 11 is 0. The summed E-state index contributed by atoms with van der Waals surface area (Å²) in [5.74, 6) is -2.66. The number of amides is 1. The molecule has 5 nitrogen and oxygen atoms in total. The van der Waals surface area contributed by atoms with Gasteiger partial charge in [-0.3, -0.25) is 9.69 Å². The van der Waals surface area contributed by atoms with Gasteiger partial charge in [0.25, 0.3) is 11.6 Å². The molecule has 2 heterocycles. The molecule has 1 amide bonds. The molecule has 0 radical (unpaired) electrons. The normalized spacial score (nSPS) is 22.8. The highest BCUT2D eigenvalue weighted by molar-refractivity contribution is 5.92. The van der Waals surface area contributed by atoms with Gasteiger partial charge >= 0.3 is 12.4 Å². The third-order valence-corrected chi connectivity index (χ3v) is 5.64. The highest BCUT2D eigenvalue weighted by Gasteiger charge is 2.75. The monoisotopic (exact) mass is 454 g/mol. The zero-order valence-electron chi connectivity index (χ0n) is 16.6. The quantitative estimate of drug-likeness (QED) is 0.370. The van der Waals surface area contributed by atoms with Gasteiger partial charge in [0.2, 0.25) is 0 Å². The van der Waals surface area contributed by atoms with E-state index in [-0.39, 0.29) is 6.61 Å². The lowest BCUT2D eigenvalue weighted by atomic mass is 9.92. The summed E-state index contributed by atoms with van der Waals surface area (Å²) in [4.78, 5) is 12.7. The Hall–Kier alpha value is -2.01. The van der Waals surface area contributed by atoms with Crippen molar-refractivity contribution in [1.29, 1.82) is 0 Å². The first-order valence-electron chi connectivity index (χ1n) is 10.1. The summed E-state index contributed by atoms with van der Waals surface area (Å²) in [6, 6.07) is 2.21. The van der Waals surface area contributed by atoms with Gasteiger partial charge < -0.3 is 14.5 Å². The molecule has 1 saturated heterocycles. The van der Waals surface area contributed by atoms with Crippen LogP contribution in [0.5, 0.6) is 0 Å². The van der Waals surface area contributed by atoms with E-state index >= 15 is 0 Å². The van der Waals surface area contributed by atoms with Crippen LogP contribution in [0.3, 0.4) is 0 Å². The smallest absolute Gasteiger partial charge is 0.434 e. The van der Waals surface area contributed by atoms with Crippen molar-refractivity contribution in [3.8, 4) is 0 Å². The number of carbonyl (C=O) groups excluding carboxylic acids is 1. The van der Waals surface area contributed by atoms with E-state index in [4.69, 9.17) is 9.15 Å². The molecule has 2 atom stereocenters. The predicted octanol–water partition coefficient (Wildman–Crippen LogP) is 4.67. The molecule has 1 aromatic heterocycles. The van der Waals surface area contributed by atoms with Crippen LogP contribution in [0.2, 0.25) is 0 Å². The fraction of sp³-hybridized carbons (Fsp3) is 0.650. The van der Waals surface area contributed by atoms with Crippen LogP contribution in [0, 0.1) is 5.92 Å². The molecule has 31 heavy (non-hydrogen) atoms. The third-order valence-electron chi connectivity index (χ3n) is 5.64. The van der Waals surface area contributed by atoms with Crippen LogP contribution < -0.4 is 5.32 Å². The number of allylic oxidation sites excluding steroid dienone is 2. The van der Waals surface area contributed by atoms with Crippen LogP contribution >= 0.6 is 0 Å². The molecular formula is C20H24F6N2O3. The average molecular weight is 454 g/mol. The van der Waals surface area contributed by atoms with E-state index in [0.717, 1.165) is 12.3 Å². The number of rotatable bonds is 7. The second-order valence-corrected chi connectivity index (χ2v) is 7.83. The molecule has 11 heteroatoms. The molecule has 1 N–H and O–H groups in total. The number of carbonyl (C=O) groups is 1. The molecule has 1 aliphatic carbocycles. The number of ether oxygens (including phenoxy) is 1. The molecule has 0 spiro atoms. The summed E-state index contributed by atoms with van der Waals surface area (Å²) in [5.41, 5.74) is -4.59. The number of furan rings is 1. The largest absolute Gasteiger partial charge is 0.459 e. The summed E-state index contributed by atoms with van der Waals surface area (Å²) in [5, 5.41) is 1.25. The summed E-state index contributed by atoms with van der Waals surface area (Å²) in [6.07, 6.45) is -5.61. The van der Waals surface area contributed by atoms with Gasteiger partial charge in [-0.1, -0.05) is 12.2 Å². The SMILES string of the molecule is O=C(NC(N(C[C@@H]1CC=CCC1)C[C@@H]1CCCO1)(C(F)(F)F)C(F)(F)F)c1ccco1. The second-order valence-electron chi connectivity index (χ2n) is 7.83.